The van der Waals surface area contributed by atoms with Crippen LogP contribution in [0.2, 0.25) is 0 Å². The Morgan fingerprint density at radius 2 is 0.333 bits per heavy atom. The molecule has 0 aliphatic carbocycles. The number of hydrogen-bond acceptors (Lipinski definition) is 0. The van der Waals surface area contributed by atoms with Crippen molar-refractivity contribution in [2.45, 2.75) is 0 Å². The van der Waals surface area contributed by atoms with Crippen LogP contribution in [0.25, 0.3) is 165 Å². The predicted molar refractivity (Wildman–Crippen MR) is 379 cm³/mol. The van der Waals surface area contributed by atoms with Crippen LogP contribution < -0.4 is 0 Å². The molecule has 0 saturated heterocycles. The Morgan fingerprint density at radius 3 is 0.689 bits per heavy atom. The molecule has 0 bridgehead atoms. The Bertz CT molecular complexity index is 6130. The summed E-state index contributed by atoms with van der Waals surface area (Å²) < 4.78 is 14.8. The van der Waals surface area contributed by atoms with Gasteiger partial charge in [0.2, 0.25) is 0 Å². The van der Waals surface area contributed by atoms with Crippen molar-refractivity contribution in [3.05, 3.63) is 328 Å². The monoisotopic (exact) mass is 1150 g/mol. The van der Waals surface area contributed by atoms with Crippen molar-refractivity contribution in [3.63, 3.8) is 0 Å². The Morgan fingerprint density at radius 1 is 0.111 bits per heavy atom. The van der Waals surface area contributed by atoms with E-state index in [4.69, 9.17) is 0 Å². The van der Waals surface area contributed by atoms with Crippen LogP contribution in [0.3, 0.4) is 0 Å². The van der Waals surface area contributed by atoms with Crippen LogP contribution in [0.15, 0.2) is 328 Å². The lowest BCUT2D eigenvalue weighted by Crippen LogP contribution is -2.08. The molecule has 6 nitrogen and oxygen atoms in total. The molecule has 0 saturated carbocycles. The molecule has 0 N–H and O–H groups in total. The molecule has 4 heterocycles. The molecule has 0 unspecified atom stereocenters. The molecule has 0 aliphatic heterocycles. The molecule has 90 heavy (non-hydrogen) atoms. The number of nitrogens with zero attached hydrogens (tertiary/aromatic N) is 6. The molecule has 19 rings (SSSR count). The summed E-state index contributed by atoms with van der Waals surface area (Å²) in [6, 6.07) is 121. The molecule has 0 radical (unpaired) electrons. The number of para-hydroxylation sites is 11. The SMILES string of the molecule is c1ccc(-n2c3ccccc3n(-c3ccccc3)c3cc4c5ccc(-n6c7ccccc7c7cc(-n8c9ccccc9c9ccccc98)ccc76)cc5c5cc6c(cc5c5ccccc5c4cc32)n(-c2ccccc2)c2ccccc2n6-c2ccccc2)cc1. The molecule has 0 aliphatic rings. The highest BCUT2D eigenvalue weighted by Gasteiger charge is 2.23. The molecule has 0 amide bonds. The molecule has 4 aromatic heterocycles. The molecule has 6 heteroatoms. The minimum atomic E-state index is 1.08. The van der Waals surface area contributed by atoms with E-state index < -0.39 is 0 Å². The minimum Gasteiger partial charge on any atom is -0.309 e. The maximum absolute atomic E-state index is 2.50. The van der Waals surface area contributed by atoms with Gasteiger partial charge in [0.15, 0.2) is 0 Å². The summed E-state index contributed by atoms with van der Waals surface area (Å²) in [4.78, 5) is 0. The molecular weight excluding hydrogens is 1090 g/mol. The number of fused-ring (bicyclic) bond motifs is 18. The summed E-state index contributed by atoms with van der Waals surface area (Å²) in [5, 5.41) is 14.1. The Labute approximate surface area is 517 Å². The fourth-order valence-electron chi connectivity index (χ4n) is 15.0. The summed E-state index contributed by atoms with van der Waals surface area (Å²) in [6.07, 6.45) is 0. The van der Waals surface area contributed by atoms with Crippen molar-refractivity contribution in [3.8, 4) is 34.1 Å². The first kappa shape index (κ1) is 50.1. The number of hydrogen-bond donors (Lipinski definition) is 0. The zero-order valence-corrected chi connectivity index (χ0v) is 48.9. The summed E-state index contributed by atoms with van der Waals surface area (Å²) in [7, 11) is 0. The second kappa shape index (κ2) is 19.7. The van der Waals surface area contributed by atoms with Gasteiger partial charge in [-0.3, -0.25) is 0 Å². The molecule has 420 valence electrons. The third-order valence-electron chi connectivity index (χ3n) is 18.8. The maximum Gasteiger partial charge on any atom is 0.0709 e. The van der Waals surface area contributed by atoms with Gasteiger partial charge in [0.05, 0.1) is 66.2 Å². The van der Waals surface area contributed by atoms with Crippen molar-refractivity contribution in [2.24, 2.45) is 0 Å². The fourth-order valence-corrected chi connectivity index (χ4v) is 15.0. The lowest BCUT2D eigenvalue weighted by atomic mass is 9.93. The first-order chi connectivity index (χ1) is 44.7. The molecule has 19 aromatic rings. The van der Waals surface area contributed by atoms with Crippen LogP contribution in [-0.4, -0.2) is 27.4 Å². The van der Waals surface area contributed by atoms with Gasteiger partial charge >= 0.3 is 0 Å². The minimum absolute atomic E-state index is 1.08. The van der Waals surface area contributed by atoms with E-state index in [-0.39, 0.29) is 0 Å². The third kappa shape index (κ3) is 7.39. The maximum atomic E-state index is 2.50. The average molecular weight is 1150 g/mol. The topological polar surface area (TPSA) is 29.6 Å². The van der Waals surface area contributed by atoms with Gasteiger partial charge < -0.3 is 27.4 Å². The van der Waals surface area contributed by atoms with E-state index in [1.165, 1.54) is 32.6 Å². The van der Waals surface area contributed by atoms with Crippen LogP contribution >= 0.6 is 0 Å². The average Bonchev–Trinajstić information content (AvgIpc) is 0.945. The number of benzene rings is 14. The quantitative estimate of drug-likeness (QED) is 0.149. The standard InChI is InChI=1S/C84H54N6/c1-5-25-55(26-6-1)85-77-41-21-22-42-78(77)87(57-29-9-3-10-30-57)83-53-70-63-47-45-59(90-75-40-20-17-37-66(75)72-50-60(46-48-76(72)90)89-73-38-18-15-35-64(73)65-36-16-19-39-74(65)89)49-67(63)71-54-84-82(52-69(71)62-34-14-13-33-61(62)68(70)51-81(83)85)86(56-27-7-2-8-28-56)79-43-23-24-44-80(79)88(84)58-31-11-4-12-32-58/h1-54H. The van der Waals surface area contributed by atoms with Crippen molar-refractivity contribution in [1.82, 2.24) is 27.4 Å². The smallest absolute Gasteiger partial charge is 0.0709 e. The Kier molecular flexibility index (Phi) is 11.0. The highest BCUT2D eigenvalue weighted by atomic mass is 15.1. The highest BCUT2D eigenvalue weighted by molar-refractivity contribution is 6.29. The van der Waals surface area contributed by atoms with Crippen LogP contribution in [0.4, 0.5) is 0 Å². The summed E-state index contributed by atoms with van der Waals surface area (Å²) >= 11 is 0. The zero-order valence-electron chi connectivity index (χ0n) is 48.9. The second-order valence-corrected chi connectivity index (χ2v) is 23.6. The Balaban J connectivity index is 1.01. The molecular formula is C84H54N6. The van der Waals surface area contributed by atoms with Crippen LogP contribution in [0.5, 0.6) is 0 Å². The van der Waals surface area contributed by atoms with E-state index in [0.717, 1.165) is 132 Å². The van der Waals surface area contributed by atoms with Gasteiger partial charge in [-0.15, -0.1) is 0 Å². The van der Waals surface area contributed by atoms with E-state index in [0.29, 0.717) is 0 Å². The van der Waals surface area contributed by atoms with Crippen molar-refractivity contribution in [2.75, 3.05) is 0 Å². The summed E-state index contributed by atoms with van der Waals surface area (Å²) in [5.41, 5.74) is 20.0. The van der Waals surface area contributed by atoms with Gasteiger partial charge in [-0.1, -0.05) is 182 Å². The van der Waals surface area contributed by atoms with Gasteiger partial charge in [-0.2, -0.15) is 0 Å². The van der Waals surface area contributed by atoms with E-state index in [2.05, 4.69) is 355 Å². The van der Waals surface area contributed by atoms with Gasteiger partial charge in [-0.25, -0.2) is 0 Å². The van der Waals surface area contributed by atoms with Crippen molar-refractivity contribution < 1.29 is 0 Å². The zero-order chi connectivity index (χ0) is 59.0. The molecule has 15 aromatic carbocycles. The second-order valence-electron chi connectivity index (χ2n) is 23.6. The van der Waals surface area contributed by atoms with E-state index in [1.807, 2.05) is 0 Å². The van der Waals surface area contributed by atoms with Crippen LogP contribution in [0.1, 0.15) is 0 Å². The van der Waals surface area contributed by atoms with Crippen molar-refractivity contribution in [1.29, 1.82) is 0 Å². The van der Waals surface area contributed by atoms with E-state index in [1.54, 1.807) is 0 Å². The van der Waals surface area contributed by atoms with E-state index in [9.17, 15) is 0 Å². The predicted octanol–water partition coefficient (Wildman–Crippen LogP) is 22.0. The highest BCUT2D eigenvalue weighted by Crippen LogP contribution is 2.45. The lowest BCUT2D eigenvalue weighted by Gasteiger charge is -2.24. The fraction of sp³-hybridized carbons (Fsp3) is 0. The molecule has 0 spiro atoms. The lowest BCUT2D eigenvalue weighted by molar-refractivity contribution is 1.09. The van der Waals surface area contributed by atoms with Gasteiger partial charge in [0.25, 0.3) is 0 Å². The van der Waals surface area contributed by atoms with Crippen molar-refractivity contribution >= 4 is 131 Å². The largest absolute Gasteiger partial charge is 0.309 e. The van der Waals surface area contributed by atoms with Gasteiger partial charge in [-0.05, 0) is 189 Å². The molecule has 0 fully saturated rings. The van der Waals surface area contributed by atoms with E-state index >= 15 is 0 Å². The van der Waals surface area contributed by atoms with Crippen LogP contribution in [-0.2, 0) is 0 Å². The Hall–Kier alpha value is -12.1. The normalized spacial score (nSPS) is 12.0. The first-order valence-electron chi connectivity index (χ1n) is 30.9. The van der Waals surface area contributed by atoms with Gasteiger partial charge in [0, 0.05) is 55.7 Å². The van der Waals surface area contributed by atoms with Gasteiger partial charge in [0.1, 0.15) is 0 Å². The summed E-state index contributed by atoms with van der Waals surface area (Å²) in [6.45, 7) is 0. The third-order valence-corrected chi connectivity index (χ3v) is 18.8. The number of aromatic nitrogens is 6. The number of rotatable bonds is 6. The molecule has 0 atom stereocenters. The van der Waals surface area contributed by atoms with Crippen LogP contribution in [0, 0.1) is 0 Å². The first-order valence-corrected chi connectivity index (χ1v) is 30.9. The summed E-state index contributed by atoms with van der Waals surface area (Å²) in [5.74, 6) is 0.